The van der Waals surface area contributed by atoms with Crippen LogP contribution in [0.2, 0.25) is 18.1 Å². The molecular formula is C24H42O2Si. The molecule has 0 N–H and O–H groups in total. The van der Waals surface area contributed by atoms with Crippen LogP contribution >= 0.6 is 0 Å². The van der Waals surface area contributed by atoms with Gasteiger partial charge in [0.15, 0.2) is 8.32 Å². The van der Waals surface area contributed by atoms with Crippen LogP contribution in [0.25, 0.3) is 0 Å². The number of hydrogen-bond acceptors (Lipinski definition) is 2. The highest BCUT2D eigenvalue weighted by Crippen LogP contribution is 2.63. The summed E-state index contributed by atoms with van der Waals surface area (Å²) in [6.45, 7) is 14.6. The van der Waals surface area contributed by atoms with Gasteiger partial charge in [0, 0.05) is 12.8 Å². The molecule has 0 saturated heterocycles. The zero-order valence-electron chi connectivity index (χ0n) is 18.6. The first kappa shape index (κ1) is 20.1. The molecule has 4 saturated carbocycles. The highest BCUT2D eigenvalue weighted by molar-refractivity contribution is 6.74. The summed E-state index contributed by atoms with van der Waals surface area (Å²) in [7, 11) is -1.71. The number of carbonyl (C=O) groups excluding carboxylic acids is 1. The van der Waals surface area contributed by atoms with Crippen LogP contribution in [0.1, 0.15) is 85.5 Å². The molecule has 4 fully saturated rings. The van der Waals surface area contributed by atoms with E-state index in [2.05, 4.69) is 40.8 Å². The maximum Gasteiger partial charge on any atom is 0.192 e. The molecule has 0 aliphatic heterocycles. The Morgan fingerprint density at radius 3 is 2.41 bits per heavy atom. The minimum atomic E-state index is -1.71. The summed E-state index contributed by atoms with van der Waals surface area (Å²) in [5, 5.41) is 0.297. The van der Waals surface area contributed by atoms with E-state index in [0.29, 0.717) is 22.3 Å². The fourth-order valence-corrected chi connectivity index (χ4v) is 8.79. The van der Waals surface area contributed by atoms with E-state index in [9.17, 15) is 4.79 Å². The Morgan fingerprint density at radius 1 is 0.963 bits per heavy atom. The summed E-state index contributed by atoms with van der Waals surface area (Å²) in [5.41, 5.74) is 0.397. The van der Waals surface area contributed by atoms with Crippen LogP contribution in [-0.2, 0) is 9.22 Å². The summed E-state index contributed by atoms with van der Waals surface area (Å²) in [6.07, 6.45) is 11.5. The standard InChI is InChI=1S/C24H42O2Si/c1-23(2,3)27(5,6)26-22-12-11-21-20-9-7-16-15-17(25)8-10-18(16)19(20)13-14-24(21,22)4/h16,18-22H,7-15H2,1-6H3/t16-,18-,19+,20+,21-,22-,24-/m0/s1. The Kier molecular flexibility index (Phi) is 4.99. The first-order valence-corrected chi connectivity index (χ1v) is 14.6. The van der Waals surface area contributed by atoms with Crippen molar-refractivity contribution in [3.8, 4) is 0 Å². The number of rotatable bonds is 2. The smallest absolute Gasteiger partial charge is 0.192 e. The van der Waals surface area contributed by atoms with Crippen LogP contribution in [0.5, 0.6) is 0 Å². The SMILES string of the molecule is CC(C)(C)[Si](C)(C)O[C@H]1CC[C@H]2[C@@H]3CC[C@H]4CC(=O)CC[C@@H]4[C@H]3CC[C@]12C. The van der Waals surface area contributed by atoms with Crippen molar-refractivity contribution in [2.75, 3.05) is 0 Å². The van der Waals surface area contributed by atoms with Gasteiger partial charge in [-0.1, -0.05) is 27.7 Å². The lowest BCUT2D eigenvalue weighted by Crippen LogP contribution is -2.52. The Morgan fingerprint density at radius 2 is 1.70 bits per heavy atom. The molecule has 2 nitrogen and oxygen atoms in total. The number of carbonyl (C=O) groups is 1. The molecule has 27 heavy (non-hydrogen) atoms. The highest BCUT2D eigenvalue weighted by Gasteiger charge is 2.58. The normalized spacial score (nSPS) is 45.2. The van der Waals surface area contributed by atoms with Crippen molar-refractivity contribution in [3.05, 3.63) is 0 Å². The van der Waals surface area contributed by atoms with Crippen LogP contribution in [-0.4, -0.2) is 20.2 Å². The van der Waals surface area contributed by atoms with Crippen molar-refractivity contribution in [1.82, 2.24) is 0 Å². The molecule has 0 radical (unpaired) electrons. The van der Waals surface area contributed by atoms with Crippen molar-refractivity contribution in [2.45, 2.75) is 110 Å². The van der Waals surface area contributed by atoms with Crippen LogP contribution in [0.3, 0.4) is 0 Å². The second-order valence-corrected chi connectivity index (χ2v) is 17.0. The van der Waals surface area contributed by atoms with Gasteiger partial charge >= 0.3 is 0 Å². The van der Waals surface area contributed by atoms with Gasteiger partial charge in [-0.05, 0) is 98.1 Å². The quantitative estimate of drug-likeness (QED) is 0.497. The Balaban J connectivity index is 1.51. The molecule has 7 atom stereocenters. The largest absolute Gasteiger partial charge is 0.413 e. The van der Waals surface area contributed by atoms with Crippen molar-refractivity contribution in [3.63, 3.8) is 0 Å². The number of fused-ring (bicyclic) bond motifs is 5. The number of Topliss-reactive ketones (excluding diaryl/α,β-unsaturated/α-hetero) is 1. The van der Waals surface area contributed by atoms with Crippen LogP contribution in [0, 0.1) is 35.0 Å². The first-order valence-electron chi connectivity index (χ1n) is 11.7. The second kappa shape index (κ2) is 6.69. The molecule has 0 amide bonds. The topological polar surface area (TPSA) is 26.3 Å². The van der Waals surface area contributed by atoms with Crippen LogP contribution < -0.4 is 0 Å². The fourth-order valence-electron chi connectivity index (χ4n) is 7.34. The van der Waals surface area contributed by atoms with Gasteiger partial charge in [-0.3, -0.25) is 4.79 Å². The predicted molar refractivity (Wildman–Crippen MR) is 114 cm³/mol. The summed E-state index contributed by atoms with van der Waals surface area (Å²) >= 11 is 0. The van der Waals surface area contributed by atoms with E-state index in [0.717, 1.165) is 42.4 Å². The molecule has 0 aromatic rings. The number of hydrogen-bond donors (Lipinski definition) is 0. The van der Waals surface area contributed by atoms with E-state index in [4.69, 9.17) is 4.43 Å². The Labute approximate surface area is 168 Å². The molecule has 4 aliphatic rings. The third-order valence-electron chi connectivity index (χ3n) is 9.92. The second-order valence-electron chi connectivity index (χ2n) is 12.2. The van der Waals surface area contributed by atoms with E-state index < -0.39 is 8.32 Å². The van der Waals surface area contributed by atoms with Gasteiger partial charge in [-0.15, -0.1) is 0 Å². The average molecular weight is 391 g/mol. The van der Waals surface area contributed by atoms with E-state index in [-0.39, 0.29) is 0 Å². The zero-order valence-corrected chi connectivity index (χ0v) is 19.6. The maximum absolute atomic E-state index is 12.0. The summed E-state index contributed by atoms with van der Waals surface area (Å²) in [6, 6.07) is 0. The van der Waals surface area contributed by atoms with Gasteiger partial charge in [0.05, 0.1) is 6.10 Å². The lowest BCUT2D eigenvalue weighted by atomic mass is 9.50. The summed E-state index contributed by atoms with van der Waals surface area (Å²) < 4.78 is 7.03. The summed E-state index contributed by atoms with van der Waals surface area (Å²) in [4.78, 5) is 12.0. The minimum Gasteiger partial charge on any atom is -0.413 e. The molecule has 154 valence electrons. The van der Waals surface area contributed by atoms with E-state index in [1.165, 1.54) is 44.9 Å². The lowest BCUT2D eigenvalue weighted by Gasteiger charge is -2.56. The zero-order chi connectivity index (χ0) is 19.6. The third-order valence-corrected chi connectivity index (χ3v) is 14.4. The Hall–Kier alpha value is -0.153. The van der Waals surface area contributed by atoms with E-state index in [1.807, 2.05) is 0 Å². The van der Waals surface area contributed by atoms with Gasteiger partial charge in [-0.25, -0.2) is 0 Å². The molecule has 0 aromatic heterocycles. The third kappa shape index (κ3) is 3.29. The van der Waals surface area contributed by atoms with E-state index >= 15 is 0 Å². The molecule has 0 unspecified atom stereocenters. The predicted octanol–water partition coefficient (Wildman–Crippen LogP) is 6.60. The average Bonchev–Trinajstić information content (AvgIpc) is 2.89. The van der Waals surface area contributed by atoms with Crippen molar-refractivity contribution in [2.24, 2.45) is 35.0 Å². The molecular weight excluding hydrogens is 348 g/mol. The molecule has 3 heteroatoms. The summed E-state index contributed by atoms with van der Waals surface area (Å²) in [5.74, 6) is 4.79. The molecule has 4 aliphatic carbocycles. The van der Waals surface area contributed by atoms with Gasteiger partial charge in [0.2, 0.25) is 0 Å². The van der Waals surface area contributed by atoms with Gasteiger partial charge in [0.25, 0.3) is 0 Å². The first-order chi connectivity index (χ1) is 12.5. The van der Waals surface area contributed by atoms with Crippen molar-refractivity contribution in [1.29, 1.82) is 0 Å². The molecule has 0 spiro atoms. The van der Waals surface area contributed by atoms with Crippen LogP contribution in [0.15, 0.2) is 0 Å². The van der Waals surface area contributed by atoms with E-state index in [1.54, 1.807) is 0 Å². The number of ketones is 1. The molecule has 0 bridgehead atoms. The molecule has 0 heterocycles. The minimum absolute atomic E-state index is 0.297. The maximum atomic E-state index is 12.0. The van der Waals surface area contributed by atoms with Crippen LogP contribution in [0.4, 0.5) is 0 Å². The Bertz CT molecular complexity index is 592. The van der Waals surface area contributed by atoms with Gasteiger partial charge in [-0.2, -0.15) is 0 Å². The highest BCUT2D eigenvalue weighted by atomic mass is 28.4. The van der Waals surface area contributed by atoms with Crippen molar-refractivity contribution >= 4 is 14.1 Å². The van der Waals surface area contributed by atoms with Gasteiger partial charge in [0.1, 0.15) is 5.78 Å². The monoisotopic (exact) mass is 390 g/mol. The molecule has 0 aromatic carbocycles. The van der Waals surface area contributed by atoms with Gasteiger partial charge < -0.3 is 4.43 Å². The van der Waals surface area contributed by atoms with Crippen molar-refractivity contribution < 1.29 is 9.22 Å². The lowest BCUT2D eigenvalue weighted by molar-refractivity contribution is -0.128. The molecule has 4 rings (SSSR count). The fraction of sp³-hybridized carbons (Fsp3) is 0.958.